The zero-order valence-corrected chi connectivity index (χ0v) is 18.1. The van der Waals surface area contributed by atoms with E-state index in [9.17, 15) is 4.79 Å². The van der Waals surface area contributed by atoms with Crippen LogP contribution < -0.4 is 20.1 Å². The third kappa shape index (κ3) is 4.69. The number of fused-ring (bicyclic) bond motifs is 1. The average molecular weight is 469 g/mol. The summed E-state index contributed by atoms with van der Waals surface area (Å²) in [4.78, 5) is 12.3. The first-order valence-corrected chi connectivity index (χ1v) is 10.9. The zero-order chi connectivity index (χ0) is 20.4. The van der Waals surface area contributed by atoms with Crippen LogP contribution in [0.2, 0.25) is 10.0 Å². The molecule has 1 aromatic heterocycles. The summed E-state index contributed by atoms with van der Waals surface area (Å²) >= 11 is 15.0. The molecule has 150 valence electrons. The minimum Gasteiger partial charge on any atom is -0.454 e. The molecule has 0 bridgehead atoms. The minimum absolute atomic E-state index is 0.140. The molecule has 1 aliphatic heterocycles. The Labute approximate surface area is 184 Å². The lowest BCUT2D eigenvalue weighted by molar-refractivity contribution is -0.113. The lowest BCUT2D eigenvalue weighted by atomic mass is 10.2. The predicted molar refractivity (Wildman–Crippen MR) is 116 cm³/mol. The van der Waals surface area contributed by atoms with E-state index in [4.69, 9.17) is 32.7 Å². The van der Waals surface area contributed by atoms with E-state index in [1.165, 1.54) is 23.1 Å². The molecule has 2 heterocycles. The molecule has 0 saturated heterocycles. The molecule has 0 radical (unpaired) electrons. The van der Waals surface area contributed by atoms with E-state index < -0.39 is 0 Å². The van der Waals surface area contributed by atoms with Gasteiger partial charge in [-0.2, -0.15) is 0 Å². The van der Waals surface area contributed by atoms with Gasteiger partial charge in [-0.15, -0.1) is 10.2 Å². The van der Waals surface area contributed by atoms with Crippen LogP contribution in [0.5, 0.6) is 11.5 Å². The number of halogens is 2. The monoisotopic (exact) mass is 468 g/mol. The molecule has 3 aromatic rings. The number of carbonyl (C=O) groups is 1. The highest BCUT2D eigenvalue weighted by molar-refractivity contribution is 8.01. The van der Waals surface area contributed by atoms with Crippen LogP contribution in [-0.4, -0.2) is 28.7 Å². The van der Waals surface area contributed by atoms with Gasteiger partial charge in [0.1, 0.15) is 0 Å². The summed E-state index contributed by atoms with van der Waals surface area (Å²) in [6.07, 6.45) is 0. The molecule has 0 atom stereocenters. The van der Waals surface area contributed by atoms with Crippen molar-refractivity contribution in [3.63, 3.8) is 0 Å². The van der Waals surface area contributed by atoms with E-state index >= 15 is 0 Å². The fourth-order valence-corrected chi connectivity index (χ4v) is 4.44. The minimum atomic E-state index is -0.217. The van der Waals surface area contributed by atoms with Gasteiger partial charge in [0.15, 0.2) is 15.8 Å². The quantitative estimate of drug-likeness (QED) is 0.471. The van der Waals surface area contributed by atoms with Crippen molar-refractivity contribution in [3.8, 4) is 11.5 Å². The molecular formula is C18H14Cl2N4O3S2. The van der Waals surface area contributed by atoms with E-state index in [-0.39, 0.29) is 18.5 Å². The summed E-state index contributed by atoms with van der Waals surface area (Å²) in [5.41, 5.74) is 2.26. The van der Waals surface area contributed by atoms with E-state index in [0.717, 1.165) is 11.3 Å². The van der Waals surface area contributed by atoms with Gasteiger partial charge in [0.2, 0.25) is 17.8 Å². The van der Waals surface area contributed by atoms with E-state index in [0.29, 0.717) is 36.7 Å². The van der Waals surface area contributed by atoms with Gasteiger partial charge in [-0.3, -0.25) is 4.79 Å². The Morgan fingerprint density at radius 2 is 1.97 bits per heavy atom. The summed E-state index contributed by atoms with van der Waals surface area (Å²) in [6.45, 7) is 2.06. The van der Waals surface area contributed by atoms with Gasteiger partial charge >= 0.3 is 0 Å². The number of aromatic nitrogens is 2. The van der Waals surface area contributed by atoms with Crippen molar-refractivity contribution in [3.05, 3.63) is 45.9 Å². The number of anilines is 3. The van der Waals surface area contributed by atoms with E-state index in [1.54, 1.807) is 12.1 Å². The maximum absolute atomic E-state index is 12.3. The number of amides is 1. The number of hydrogen-bond donors (Lipinski definition) is 2. The van der Waals surface area contributed by atoms with Crippen molar-refractivity contribution < 1.29 is 14.3 Å². The van der Waals surface area contributed by atoms with Crippen molar-refractivity contribution in [2.24, 2.45) is 0 Å². The summed E-state index contributed by atoms with van der Waals surface area (Å²) in [7, 11) is 0. The number of benzene rings is 2. The standard InChI is InChI=1S/C18H14Cl2N4O3S2/c1-9-10(19)3-2-4-12(9)22-17-23-24-18(29-17)28-7-16(25)21-13-6-15-14(5-11(13)20)26-8-27-15/h2-6H,7-8H2,1H3,(H,21,25)(H,22,23). The third-order valence-corrected chi connectivity index (χ3v) is 6.67. The van der Waals surface area contributed by atoms with Crippen molar-refractivity contribution in [1.29, 1.82) is 0 Å². The molecule has 29 heavy (non-hydrogen) atoms. The van der Waals surface area contributed by atoms with Crippen molar-refractivity contribution in [1.82, 2.24) is 10.2 Å². The molecule has 0 fully saturated rings. The number of rotatable bonds is 6. The fourth-order valence-electron chi connectivity index (χ4n) is 2.50. The molecule has 0 spiro atoms. The van der Waals surface area contributed by atoms with Crippen LogP contribution in [0.3, 0.4) is 0 Å². The molecule has 0 unspecified atom stereocenters. The lowest BCUT2D eigenvalue weighted by Crippen LogP contribution is -2.14. The normalized spacial score (nSPS) is 12.1. The second-order valence-corrected chi connectivity index (χ2v) is 8.95. The van der Waals surface area contributed by atoms with Crippen LogP contribution in [0, 0.1) is 6.92 Å². The van der Waals surface area contributed by atoms with Crippen LogP contribution in [0.1, 0.15) is 5.56 Å². The van der Waals surface area contributed by atoms with Gasteiger partial charge in [0.05, 0.1) is 16.5 Å². The van der Waals surface area contributed by atoms with Crippen LogP contribution >= 0.6 is 46.3 Å². The SMILES string of the molecule is Cc1c(Cl)cccc1Nc1nnc(SCC(=O)Nc2cc3c(cc2Cl)OCO3)s1. The Kier molecular flexibility index (Phi) is 6.00. The molecule has 7 nitrogen and oxygen atoms in total. The van der Waals surface area contributed by atoms with Gasteiger partial charge < -0.3 is 20.1 Å². The number of hydrogen-bond acceptors (Lipinski definition) is 8. The van der Waals surface area contributed by atoms with Crippen LogP contribution in [0.25, 0.3) is 0 Å². The molecule has 0 aliphatic carbocycles. The molecular weight excluding hydrogens is 455 g/mol. The number of nitrogens with one attached hydrogen (secondary N) is 2. The third-order valence-electron chi connectivity index (χ3n) is 3.98. The molecule has 2 aromatic carbocycles. The molecule has 2 N–H and O–H groups in total. The van der Waals surface area contributed by atoms with Crippen molar-refractivity contribution in [2.75, 3.05) is 23.2 Å². The Morgan fingerprint density at radius 1 is 1.17 bits per heavy atom. The Balaban J connectivity index is 1.34. The van der Waals surface area contributed by atoms with E-state index in [1.807, 2.05) is 25.1 Å². The second kappa shape index (κ2) is 8.66. The first-order valence-electron chi connectivity index (χ1n) is 8.37. The molecule has 1 amide bonds. The Bertz CT molecular complexity index is 1080. The summed E-state index contributed by atoms with van der Waals surface area (Å²) in [5, 5.41) is 15.9. The van der Waals surface area contributed by atoms with Gasteiger partial charge in [0, 0.05) is 22.8 Å². The van der Waals surface area contributed by atoms with Gasteiger partial charge in [-0.25, -0.2) is 0 Å². The number of carbonyl (C=O) groups excluding carboxylic acids is 1. The summed E-state index contributed by atoms with van der Waals surface area (Å²) < 4.78 is 11.2. The Hall–Kier alpha value is -2.20. The van der Waals surface area contributed by atoms with Crippen LogP contribution in [0.15, 0.2) is 34.7 Å². The lowest BCUT2D eigenvalue weighted by Gasteiger charge is -2.08. The first-order chi connectivity index (χ1) is 14.0. The predicted octanol–water partition coefficient (Wildman–Crippen LogP) is 5.36. The Morgan fingerprint density at radius 3 is 2.79 bits per heavy atom. The summed E-state index contributed by atoms with van der Waals surface area (Å²) in [5.74, 6) is 1.06. The maximum atomic E-state index is 12.3. The number of nitrogens with zero attached hydrogens (tertiary/aromatic N) is 2. The smallest absolute Gasteiger partial charge is 0.234 e. The van der Waals surface area contributed by atoms with E-state index in [2.05, 4.69) is 20.8 Å². The number of thioether (sulfide) groups is 1. The first kappa shape index (κ1) is 20.1. The summed E-state index contributed by atoms with van der Waals surface area (Å²) in [6, 6.07) is 8.87. The maximum Gasteiger partial charge on any atom is 0.234 e. The van der Waals surface area contributed by atoms with Crippen LogP contribution in [0.4, 0.5) is 16.5 Å². The van der Waals surface area contributed by atoms with Gasteiger partial charge in [-0.1, -0.05) is 52.4 Å². The zero-order valence-electron chi connectivity index (χ0n) is 15.0. The molecule has 4 rings (SSSR count). The highest BCUT2D eigenvalue weighted by Gasteiger charge is 2.18. The second-order valence-electron chi connectivity index (χ2n) is 5.93. The fraction of sp³-hybridized carbons (Fsp3) is 0.167. The average Bonchev–Trinajstić information content (AvgIpc) is 3.33. The van der Waals surface area contributed by atoms with Gasteiger partial charge in [-0.05, 0) is 24.6 Å². The molecule has 1 aliphatic rings. The van der Waals surface area contributed by atoms with Crippen LogP contribution in [-0.2, 0) is 4.79 Å². The highest BCUT2D eigenvalue weighted by atomic mass is 35.5. The van der Waals surface area contributed by atoms with Crippen molar-refractivity contribution in [2.45, 2.75) is 11.3 Å². The highest BCUT2D eigenvalue weighted by Crippen LogP contribution is 2.39. The largest absolute Gasteiger partial charge is 0.454 e. The topological polar surface area (TPSA) is 85.4 Å². The van der Waals surface area contributed by atoms with Crippen molar-refractivity contribution >= 4 is 68.7 Å². The molecule has 0 saturated carbocycles. The number of ether oxygens (including phenoxy) is 2. The molecule has 11 heteroatoms. The van der Waals surface area contributed by atoms with Gasteiger partial charge in [0.25, 0.3) is 0 Å².